The predicted octanol–water partition coefficient (Wildman–Crippen LogP) is 5.92. The number of ether oxygens (including phenoxy) is 1. The Morgan fingerprint density at radius 2 is 1.81 bits per heavy atom. The van der Waals surface area contributed by atoms with Crippen LogP contribution in [0.25, 0.3) is 0 Å². The molecule has 21 heavy (non-hydrogen) atoms. The summed E-state index contributed by atoms with van der Waals surface area (Å²) in [5.74, 6) is 1.48. The van der Waals surface area contributed by atoms with Crippen molar-refractivity contribution >= 4 is 0 Å². The van der Waals surface area contributed by atoms with Crippen molar-refractivity contribution in [1.29, 1.82) is 0 Å². The Morgan fingerprint density at radius 3 is 2.38 bits per heavy atom. The van der Waals surface area contributed by atoms with E-state index >= 15 is 0 Å². The molecule has 0 atom stereocenters. The van der Waals surface area contributed by atoms with Gasteiger partial charge in [-0.05, 0) is 67.7 Å². The summed E-state index contributed by atoms with van der Waals surface area (Å²) < 4.78 is 30.2. The molecular weight excluding hydrogens is 270 g/mol. The molecule has 1 aromatic carbocycles. The Kier molecular flexibility index (Phi) is 6.21. The molecule has 0 heterocycles. The van der Waals surface area contributed by atoms with Crippen molar-refractivity contribution in [3.63, 3.8) is 0 Å². The van der Waals surface area contributed by atoms with Gasteiger partial charge in [-0.15, -0.1) is 0 Å². The van der Waals surface area contributed by atoms with Crippen LogP contribution >= 0.6 is 0 Å². The fourth-order valence-electron chi connectivity index (χ4n) is 2.97. The van der Waals surface area contributed by atoms with Crippen LogP contribution in [0.1, 0.15) is 56.9 Å². The van der Waals surface area contributed by atoms with Gasteiger partial charge in [-0.2, -0.15) is 8.78 Å². The third kappa shape index (κ3) is 5.14. The lowest BCUT2D eigenvalue weighted by molar-refractivity contribution is 0.309. The number of benzene rings is 1. The third-order valence-electron chi connectivity index (χ3n) is 4.25. The topological polar surface area (TPSA) is 9.23 Å². The quantitative estimate of drug-likeness (QED) is 0.592. The van der Waals surface area contributed by atoms with Gasteiger partial charge in [-0.25, -0.2) is 0 Å². The number of unbranched alkanes of at least 4 members (excludes halogenated alkanes) is 1. The number of halogens is 2. The highest BCUT2D eigenvalue weighted by Crippen LogP contribution is 2.37. The summed E-state index contributed by atoms with van der Waals surface area (Å²) in [7, 11) is 0. The van der Waals surface area contributed by atoms with Crippen LogP contribution < -0.4 is 4.74 Å². The standard InChI is InChI=1S/C18H24F2O/c1-2-3-12-21-17-10-8-16(9-11-17)15-6-4-14(5-7-15)13-18(19)20/h8-11,13-15H,2-7,12H2,1H3. The maximum absolute atomic E-state index is 12.3. The zero-order valence-electron chi connectivity index (χ0n) is 12.7. The van der Waals surface area contributed by atoms with Crippen molar-refractivity contribution in [3.05, 3.63) is 42.0 Å². The van der Waals surface area contributed by atoms with E-state index < -0.39 is 6.08 Å². The molecule has 0 radical (unpaired) electrons. The van der Waals surface area contributed by atoms with Gasteiger partial charge in [-0.1, -0.05) is 25.5 Å². The van der Waals surface area contributed by atoms with Gasteiger partial charge in [0.05, 0.1) is 6.61 Å². The van der Waals surface area contributed by atoms with E-state index in [2.05, 4.69) is 19.1 Å². The van der Waals surface area contributed by atoms with Crippen LogP contribution in [0.5, 0.6) is 5.75 Å². The van der Waals surface area contributed by atoms with Crippen molar-refractivity contribution in [2.24, 2.45) is 5.92 Å². The number of rotatable bonds is 6. The molecule has 0 saturated heterocycles. The summed E-state index contributed by atoms with van der Waals surface area (Å²) in [4.78, 5) is 0. The highest BCUT2D eigenvalue weighted by atomic mass is 19.3. The molecule has 1 saturated carbocycles. The van der Waals surface area contributed by atoms with E-state index in [0.29, 0.717) is 5.92 Å². The fraction of sp³-hybridized carbons (Fsp3) is 0.556. The maximum Gasteiger partial charge on any atom is 0.266 e. The second-order valence-electron chi connectivity index (χ2n) is 5.84. The summed E-state index contributed by atoms with van der Waals surface area (Å²) in [5.41, 5.74) is 1.31. The van der Waals surface area contributed by atoms with Gasteiger partial charge in [0.25, 0.3) is 6.08 Å². The van der Waals surface area contributed by atoms with Crippen LogP contribution in [-0.2, 0) is 0 Å². The minimum Gasteiger partial charge on any atom is -0.494 e. The molecule has 3 heteroatoms. The number of hydrogen-bond donors (Lipinski definition) is 0. The van der Waals surface area contributed by atoms with Gasteiger partial charge in [-0.3, -0.25) is 0 Å². The lowest BCUT2D eigenvalue weighted by atomic mass is 9.79. The van der Waals surface area contributed by atoms with Gasteiger partial charge < -0.3 is 4.74 Å². The first-order valence-corrected chi connectivity index (χ1v) is 7.94. The Balaban J connectivity index is 1.84. The van der Waals surface area contributed by atoms with E-state index in [0.717, 1.165) is 57.0 Å². The molecule has 1 fully saturated rings. The highest BCUT2D eigenvalue weighted by molar-refractivity contribution is 5.29. The zero-order chi connectivity index (χ0) is 15.1. The van der Waals surface area contributed by atoms with E-state index in [9.17, 15) is 8.78 Å². The van der Waals surface area contributed by atoms with E-state index in [4.69, 9.17) is 4.74 Å². The monoisotopic (exact) mass is 294 g/mol. The van der Waals surface area contributed by atoms with Crippen molar-refractivity contribution in [2.45, 2.75) is 51.4 Å². The Hall–Kier alpha value is -1.38. The third-order valence-corrected chi connectivity index (χ3v) is 4.25. The van der Waals surface area contributed by atoms with Crippen LogP contribution in [0.15, 0.2) is 36.4 Å². The molecule has 2 rings (SSSR count). The van der Waals surface area contributed by atoms with Crippen molar-refractivity contribution in [2.75, 3.05) is 6.61 Å². The van der Waals surface area contributed by atoms with Crippen molar-refractivity contribution < 1.29 is 13.5 Å². The Bertz CT molecular complexity index is 441. The largest absolute Gasteiger partial charge is 0.494 e. The van der Waals surface area contributed by atoms with E-state index in [1.165, 1.54) is 5.56 Å². The van der Waals surface area contributed by atoms with Gasteiger partial charge in [0.1, 0.15) is 5.75 Å². The zero-order valence-corrected chi connectivity index (χ0v) is 12.7. The molecule has 0 bridgehead atoms. The van der Waals surface area contributed by atoms with Gasteiger partial charge in [0, 0.05) is 0 Å². The number of allylic oxidation sites excluding steroid dienone is 1. The molecule has 0 spiro atoms. The first-order valence-electron chi connectivity index (χ1n) is 7.94. The average molecular weight is 294 g/mol. The van der Waals surface area contributed by atoms with Crippen LogP contribution in [0.4, 0.5) is 8.78 Å². The maximum atomic E-state index is 12.3. The lowest BCUT2D eigenvalue weighted by Gasteiger charge is -2.26. The van der Waals surface area contributed by atoms with E-state index in [-0.39, 0.29) is 5.92 Å². The summed E-state index contributed by atoms with van der Waals surface area (Å²) >= 11 is 0. The smallest absolute Gasteiger partial charge is 0.266 e. The fourth-order valence-corrected chi connectivity index (χ4v) is 2.97. The van der Waals surface area contributed by atoms with Crippen LogP contribution in [0, 0.1) is 5.92 Å². The van der Waals surface area contributed by atoms with Crippen molar-refractivity contribution in [1.82, 2.24) is 0 Å². The Labute approximate surface area is 126 Å². The molecule has 0 aromatic heterocycles. The number of hydrogen-bond acceptors (Lipinski definition) is 1. The molecule has 1 aliphatic rings. The second kappa shape index (κ2) is 8.16. The minimum absolute atomic E-state index is 0.0582. The second-order valence-corrected chi connectivity index (χ2v) is 5.84. The molecular formula is C18H24F2O. The first-order chi connectivity index (χ1) is 10.2. The average Bonchev–Trinajstić information content (AvgIpc) is 2.49. The van der Waals surface area contributed by atoms with Crippen LogP contribution in [0.2, 0.25) is 0 Å². The molecule has 0 unspecified atom stereocenters. The molecule has 116 valence electrons. The summed E-state index contributed by atoms with van der Waals surface area (Å²) in [6.07, 6.45) is 5.50. The van der Waals surface area contributed by atoms with Crippen LogP contribution in [0.3, 0.4) is 0 Å². The van der Waals surface area contributed by atoms with Gasteiger partial charge >= 0.3 is 0 Å². The molecule has 1 aromatic rings. The molecule has 0 N–H and O–H groups in total. The molecule has 0 aliphatic heterocycles. The highest BCUT2D eigenvalue weighted by Gasteiger charge is 2.21. The Morgan fingerprint density at radius 1 is 1.14 bits per heavy atom. The van der Waals surface area contributed by atoms with Crippen molar-refractivity contribution in [3.8, 4) is 5.75 Å². The predicted molar refractivity (Wildman–Crippen MR) is 81.8 cm³/mol. The van der Waals surface area contributed by atoms with E-state index in [1.54, 1.807) is 0 Å². The SMILES string of the molecule is CCCCOc1ccc(C2CCC(C=C(F)F)CC2)cc1. The summed E-state index contributed by atoms with van der Waals surface area (Å²) in [6.45, 7) is 2.91. The summed E-state index contributed by atoms with van der Waals surface area (Å²) in [6, 6.07) is 8.30. The van der Waals surface area contributed by atoms with Gasteiger partial charge in [0.15, 0.2) is 0 Å². The molecule has 1 nitrogen and oxygen atoms in total. The summed E-state index contributed by atoms with van der Waals surface area (Å²) in [5, 5.41) is 0. The lowest BCUT2D eigenvalue weighted by Crippen LogP contribution is -2.11. The first kappa shape index (κ1) is 16.0. The van der Waals surface area contributed by atoms with E-state index in [1.807, 2.05) is 12.1 Å². The normalized spacial score (nSPS) is 21.9. The molecule has 1 aliphatic carbocycles. The van der Waals surface area contributed by atoms with Crippen LogP contribution in [-0.4, -0.2) is 6.61 Å². The minimum atomic E-state index is -1.54. The van der Waals surface area contributed by atoms with Gasteiger partial charge in [0.2, 0.25) is 0 Å². The molecule has 0 amide bonds.